The Kier molecular flexibility index (Phi) is 3.23. The van der Waals surface area contributed by atoms with E-state index < -0.39 is 5.60 Å². The maximum Gasteiger partial charge on any atom is 0.410 e. The van der Waals surface area contributed by atoms with Gasteiger partial charge in [-0.3, -0.25) is 4.68 Å². The van der Waals surface area contributed by atoms with Crippen LogP contribution < -0.4 is 0 Å². The predicted octanol–water partition coefficient (Wildman–Crippen LogP) is 1.58. The van der Waals surface area contributed by atoms with Gasteiger partial charge in [0.05, 0.1) is 6.54 Å². The number of rotatable bonds is 0. The number of carbonyl (C=O) groups is 1. The lowest BCUT2D eigenvalue weighted by Gasteiger charge is -2.30. The van der Waals surface area contributed by atoms with Gasteiger partial charge in [0.15, 0.2) is 5.69 Å². The normalized spacial score (nSPS) is 14.8. The summed E-state index contributed by atoms with van der Waals surface area (Å²) in [5.41, 5.74) is 1.74. The lowest BCUT2D eigenvalue weighted by molar-refractivity contribution is 0.0222. The quantitative estimate of drug-likeness (QED) is 0.711. The molecule has 0 atom stereocenters. The highest BCUT2D eigenvalue weighted by atomic mass is 16.6. The monoisotopic (exact) mass is 262 g/mol. The molecule has 0 aromatic carbocycles. The molecule has 0 radical (unpaired) electrons. The smallest absolute Gasteiger partial charge is 0.410 e. The summed E-state index contributed by atoms with van der Waals surface area (Å²) in [6.07, 6.45) is 0.352. The first-order valence-electron chi connectivity index (χ1n) is 6.24. The van der Waals surface area contributed by atoms with Crippen molar-refractivity contribution in [1.82, 2.24) is 14.7 Å². The van der Waals surface area contributed by atoms with Crippen LogP contribution in [0.4, 0.5) is 4.79 Å². The van der Waals surface area contributed by atoms with Crippen molar-refractivity contribution in [2.45, 2.75) is 39.3 Å². The van der Waals surface area contributed by atoms with E-state index in [2.05, 4.69) is 11.2 Å². The molecule has 0 bridgehead atoms. The first-order chi connectivity index (χ1) is 8.81. The highest BCUT2D eigenvalue weighted by Crippen LogP contribution is 2.23. The molecule has 2 heterocycles. The van der Waals surface area contributed by atoms with Crippen molar-refractivity contribution in [1.29, 1.82) is 5.26 Å². The van der Waals surface area contributed by atoms with Crippen LogP contribution >= 0.6 is 0 Å². The van der Waals surface area contributed by atoms with Gasteiger partial charge in [-0.25, -0.2) is 4.79 Å². The SMILES string of the molecule is Cn1nc(C#N)c2c1CCN(C(=O)OC(C)(C)C)C2. The lowest BCUT2D eigenvalue weighted by Crippen LogP contribution is -2.40. The molecule has 1 aliphatic rings. The van der Waals surface area contributed by atoms with Gasteiger partial charge in [-0.1, -0.05) is 0 Å². The van der Waals surface area contributed by atoms with E-state index >= 15 is 0 Å². The van der Waals surface area contributed by atoms with Gasteiger partial charge in [0.1, 0.15) is 11.7 Å². The number of carbonyl (C=O) groups excluding carboxylic acids is 1. The van der Waals surface area contributed by atoms with Crippen LogP contribution in [0.1, 0.15) is 37.7 Å². The van der Waals surface area contributed by atoms with Crippen molar-refractivity contribution in [2.75, 3.05) is 6.54 Å². The number of ether oxygens (including phenoxy) is 1. The zero-order valence-electron chi connectivity index (χ0n) is 11.7. The first-order valence-corrected chi connectivity index (χ1v) is 6.24. The summed E-state index contributed by atoms with van der Waals surface area (Å²) in [4.78, 5) is 13.6. The maximum absolute atomic E-state index is 12.0. The average Bonchev–Trinajstić information content (AvgIpc) is 2.63. The molecule has 0 N–H and O–H groups in total. The van der Waals surface area contributed by atoms with Crippen LogP contribution in [-0.4, -0.2) is 32.9 Å². The van der Waals surface area contributed by atoms with Crippen LogP contribution in [0.25, 0.3) is 0 Å². The van der Waals surface area contributed by atoms with Crippen LogP contribution in [0.3, 0.4) is 0 Å². The average molecular weight is 262 g/mol. The van der Waals surface area contributed by atoms with Crippen molar-refractivity contribution in [2.24, 2.45) is 7.05 Å². The number of aryl methyl sites for hydroxylation is 1. The van der Waals surface area contributed by atoms with Crippen molar-refractivity contribution >= 4 is 6.09 Å². The molecule has 0 spiro atoms. The van der Waals surface area contributed by atoms with E-state index in [-0.39, 0.29) is 6.09 Å². The van der Waals surface area contributed by atoms with Crippen molar-refractivity contribution in [3.8, 4) is 6.07 Å². The largest absolute Gasteiger partial charge is 0.444 e. The predicted molar refractivity (Wildman–Crippen MR) is 68.3 cm³/mol. The zero-order valence-corrected chi connectivity index (χ0v) is 11.7. The van der Waals surface area contributed by atoms with Crippen molar-refractivity contribution in [3.63, 3.8) is 0 Å². The van der Waals surface area contributed by atoms with Gasteiger partial charge in [-0.2, -0.15) is 10.4 Å². The number of amides is 1. The Labute approximate surface area is 112 Å². The van der Waals surface area contributed by atoms with Gasteiger partial charge in [-0.15, -0.1) is 0 Å². The Morgan fingerprint density at radius 1 is 1.47 bits per heavy atom. The minimum Gasteiger partial charge on any atom is -0.444 e. The molecule has 1 aromatic rings. The minimum atomic E-state index is -0.510. The first kappa shape index (κ1) is 13.4. The molecule has 0 fully saturated rings. The Balaban J connectivity index is 2.18. The Hall–Kier alpha value is -2.03. The fourth-order valence-corrected chi connectivity index (χ4v) is 2.16. The number of aromatic nitrogens is 2. The molecular weight excluding hydrogens is 244 g/mol. The molecule has 0 saturated heterocycles. The zero-order chi connectivity index (χ0) is 14.2. The summed E-state index contributed by atoms with van der Waals surface area (Å²) < 4.78 is 7.07. The molecule has 1 aliphatic heterocycles. The minimum absolute atomic E-state index is 0.342. The van der Waals surface area contributed by atoms with Crippen LogP contribution in [0.2, 0.25) is 0 Å². The van der Waals surface area contributed by atoms with Crippen LogP contribution in [0.15, 0.2) is 0 Å². The van der Waals surface area contributed by atoms with Crippen LogP contribution in [0.5, 0.6) is 0 Å². The number of nitriles is 1. The summed E-state index contributed by atoms with van der Waals surface area (Å²) in [7, 11) is 1.82. The molecule has 1 aromatic heterocycles. The molecule has 0 unspecified atom stereocenters. The number of hydrogen-bond donors (Lipinski definition) is 0. The molecule has 1 amide bonds. The van der Waals surface area contributed by atoms with E-state index in [4.69, 9.17) is 10.00 Å². The lowest BCUT2D eigenvalue weighted by atomic mass is 10.1. The van der Waals surface area contributed by atoms with E-state index in [0.717, 1.165) is 11.3 Å². The molecule has 19 heavy (non-hydrogen) atoms. The molecule has 0 saturated carbocycles. The van der Waals surface area contributed by atoms with Gasteiger partial charge in [0.2, 0.25) is 0 Å². The summed E-state index contributed by atoms with van der Waals surface area (Å²) >= 11 is 0. The molecule has 6 nitrogen and oxygen atoms in total. The van der Waals surface area contributed by atoms with Gasteiger partial charge in [0, 0.05) is 31.3 Å². The third-order valence-corrected chi connectivity index (χ3v) is 3.00. The molecule has 102 valence electrons. The Morgan fingerprint density at radius 3 is 2.74 bits per heavy atom. The number of nitrogens with zero attached hydrogens (tertiary/aromatic N) is 4. The summed E-state index contributed by atoms with van der Waals surface area (Å²) in [6.45, 7) is 6.49. The van der Waals surface area contributed by atoms with Crippen LogP contribution in [-0.2, 0) is 24.8 Å². The van der Waals surface area contributed by atoms with E-state index in [1.807, 2.05) is 27.8 Å². The van der Waals surface area contributed by atoms with E-state index in [1.165, 1.54) is 0 Å². The van der Waals surface area contributed by atoms with Gasteiger partial charge < -0.3 is 9.64 Å². The van der Waals surface area contributed by atoms with Gasteiger partial charge in [0.25, 0.3) is 0 Å². The van der Waals surface area contributed by atoms with Crippen molar-refractivity contribution < 1.29 is 9.53 Å². The van der Waals surface area contributed by atoms with Gasteiger partial charge >= 0.3 is 6.09 Å². The highest BCUT2D eigenvalue weighted by Gasteiger charge is 2.29. The summed E-state index contributed by atoms with van der Waals surface area (Å²) in [5, 5.41) is 13.2. The van der Waals surface area contributed by atoms with E-state index in [9.17, 15) is 4.79 Å². The summed E-state index contributed by atoms with van der Waals surface area (Å²) in [5.74, 6) is 0. The summed E-state index contributed by atoms with van der Waals surface area (Å²) in [6, 6.07) is 2.07. The molecule has 0 aliphatic carbocycles. The highest BCUT2D eigenvalue weighted by molar-refractivity contribution is 5.68. The van der Waals surface area contributed by atoms with Crippen LogP contribution in [0, 0.1) is 11.3 Å². The third kappa shape index (κ3) is 2.70. The fraction of sp³-hybridized carbons (Fsp3) is 0.615. The Morgan fingerprint density at radius 2 is 2.16 bits per heavy atom. The second kappa shape index (κ2) is 4.57. The second-order valence-corrected chi connectivity index (χ2v) is 5.66. The fourth-order valence-electron chi connectivity index (χ4n) is 2.16. The third-order valence-electron chi connectivity index (χ3n) is 3.00. The molecular formula is C13H18N4O2. The second-order valence-electron chi connectivity index (χ2n) is 5.66. The number of hydrogen-bond acceptors (Lipinski definition) is 4. The maximum atomic E-state index is 12.0. The topological polar surface area (TPSA) is 71.2 Å². The molecule has 6 heteroatoms. The number of fused-ring (bicyclic) bond motifs is 1. The van der Waals surface area contributed by atoms with E-state index in [0.29, 0.717) is 25.2 Å². The van der Waals surface area contributed by atoms with Crippen molar-refractivity contribution in [3.05, 3.63) is 17.0 Å². The standard InChI is InChI=1S/C13H18N4O2/c1-13(2,3)19-12(18)17-6-5-11-9(8-17)10(7-14)15-16(11)4/h5-6,8H2,1-4H3. The molecule has 2 rings (SSSR count). The Bertz CT molecular complexity index is 548. The van der Waals surface area contributed by atoms with Gasteiger partial charge in [-0.05, 0) is 20.8 Å². The van der Waals surface area contributed by atoms with E-state index in [1.54, 1.807) is 9.58 Å².